The van der Waals surface area contributed by atoms with Crippen LogP contribution in [0, 0.1) is 0 Å². The normalized spacial score (nSPS) is 10.6. The molecule has 0 spiro atoms. The lowest BCUT2D eigenvalue weighted by Gasteiger charge is -2.21. The van der Waals surface area contributed by atoms with Crippen molar-refractivity contribution < 1.29 is 4.74 Å². The number of nitrogens with zero attached hydrogens (tertiary/aromatic N) is 4. The van der Waals surface area contributed by atoms with Crippen molar-refractivity contribution in [3.8, 4) is 6.01 Å². The van der Waals surface area contributed by atoms with E-state index < -0.39 is 0 Å². The van der Waals surface area contributed by atoms with Gasteiger partial charge < -0.3 is 15.4 Å². The monoisotopic (exact) mass is 225 g/mol. The predicted octanol–water partition coefficient (Wildman–Crippen LogP) is 1.09. The van der Waals surface area contributed by atoms with Gasteiger partial charge >= 0.3 is 6.01 Å². The molecule has 1 rings (SSSR count). The second kappa shape index (κ2) is 5.48. The Kier molecular flexibility index (Phi) is 4.28. The third-order valence-electron chi connectivity index (χ3n) is 2.15. The van der Waals surface area contributed by atoms with Gasteiger partial charge in [0.15, 0.2) is 0 Å². The minimum absolute atomic E-state index is 0.184. The number of ether oxygens (including phenoxy) is 1. The van der Waals surface area contributed by atoms with E-state index in [1.165, 1.54) is 0 Å². The highest BCUT2D eigenvalue weighted by Crippen LogP contribution is 2.14. The molecule has 0 bridgehead atoms. The molecule has 0 fully saturated rings. The van der Waals surface area contributed by atoms with Crippen molar-refractivity contribution in [3.63, 3.8) is 0 Å². The van der Waals surface area contributed by atoms with Crippen LogP contribution in [0.25, 0.3) is 0 Å². The summed E-state index contributed by atoms with van der Waals surface area (Å²) in [6.45, 7) is 6.69. The fraction of sp³-hybridized carbons (Fsp3) is 0.700. The lowest BCUT2D eigenvalue weighted by atomic mass is 10.4. The van der Waals surface area contributed by atoms with E-state index in [9.17, 15) is 0 Å². The average molecular weight is 225 g/mol. The Balaban J connectivity index is 2.89. The fourth-order valence-corrected chi connectivity index (χ4v) is 1.01. The number of hydrogen-bond acceptors (Lipinski definition) is 6. The quantitative estimate of drug-likeness (QED) is 0.808. The van der Waals surface area contributed by atoms with Crippen molar-refractivity contribution in [3.05, 3.63) is 0 Å². The number of hydrogen-bond donors (Lipinski definition) is 1. The first-order valence-electron chi connectivity index (χ1n) is 5.41. The van der Waals surface area contributed by atoms with Gasteiger partial charge in [-0.25, -0.2) is 0 Å². The Bertz CT molecular complexity index is 342. The zero-order valence-corrected chi connectivity index (χ0v) is 10.3. The SMILES string of the molecule is CCCOc1nc(N)nc(N(C)C(C)C)n1. The first kappa shape index (κ1) is 12.5. The van der Waals surface area contributed by atoms with Gasteiger partial charge in [-0.15, -0.1) is 0 Å². The van der Waals surface area contributed by atoms with Gasteiger partial charge in [0.05, 0.1) is 6.61 Å². The Labute approximate surface area is 95.9 Å². The molecule has 0 radical (unpaired) electrons. The number of nitrogens with two attached hydrogens (primary N) is 1. The van der Waals surface area contributed by atoms with Crippen LogP contribution in [-0.4, -0.2) is 34.6 Å². The maximum absolute atomic E-state index is 5.60. The Morgan fingerprint density at radius 2 is 2.00 bits per heavy atom. The van der Waals surface area contributed by atoms with E-state index in [0.717, 1.165) is 6.42 Å². The molecule has 1 heterocycles. The van der Waals surface area contributed by atoms with Gasteiger partial charge in [0.1, 0.15) is 0 Å². The highest BCUT2D eigenvalue weighted by Gasteiger charge is 2.11. The van der Waals surface area contributed by atoms with E-state index in [1.807, 2.05) is 32.7 Å². The summed E-state index contributed by atoms with van der Waals surface area (Å²) in [6, 6.07) is 0.581. The Morgan fingerprint density at radius 1 is 1.31 bits per heavy atom. The molecule has 0 aromatic carbocycles. The summed E-state index contributed by atoms with van der Waals surface area (Å²) in [5.41, 5.74) is 5.60. The summed E-state index contributed by atoms with van der Waals surface area (Å²) in [4.78, 5) is 14.1. The van der Waals surface area contributed by atoms with Crippen molar-refractivity contribution >= 4 is 11.9 Å². The lowest BCUT2D eigenvalue weighted by Crippen LogP contribution is -2.28. The molecule has 0 atom stereocenters. The first-order chi connectivity index (χ1) is 7.54. The van der Waals surface area contributed by atoms with Crippen molar-refractivity contribution in [1.82, 2.24) is 15.0 Å². The number of aromatic nitrogens is 3. The molecule has 1 aromatic heterocycles. The molecule has 0 aliphatic carbocycles. The van der Waals surface area contributed by atoms with Gasteiger partial charge in [0.2, 0.25) is 11.9 Å². The zero-order valence-electron chi connectivity index (χ0n) is 10.3. The van der Waals surface area contributed by atoms with E-state index in [-0.39, 0.29) is 12.0 Å². The fourth-order valence-electron chi connectivity index (χ4n) is 1.01. The third-order valence-corrected chi connectivity index (χ3v) is 2.15. The molecular formula is C10H19N5O. The molecule has 2 N–H and O–H groups in total. The van der Waals surface area contributed by atoms with E-state index in [2.05, 4.69) is 15.0 Å². The molecule has 6 nitrogen and oxygen atoms in total. The maximum Gasteiger partial charge on any atom is 0.323 e. The standard InChI is InChI=1S/C10H19N5O/c1-5-6-16-10-13-8(11)12-9(14-10)15(4)7(2)3/h7H,5-6H2,1-4H3,(H2,11,12,13,14). The van der Waals surface area contributed by atoms with Crippen LogP contribution in [-0.2, 0) is 0 Å². The van der Waals surface area contributed by atoms with Crippen LogP contribution in [0.1, 0.15) is 27.2 Å². The summed E-state index contributed by atoms with van der Waals surface area (Å²) < 4.78 is 5.34. The van der Waals surface area contributed by atoms with Gasteiger partial charge in [0, 0.05) is 13.1 Å². The van der Waals surface area contributed by atoms with E-state index in [1.54, 1.807) is 0 Å². The van der Waals surface area contributed by atoms with Crippen LogP contribution in [0.4, 0.5) is 11.9 Å². The van der Waals surface area contributed by atoms with Crippen LogP contribution in [0.15, 0.2) is 0 Å². The second-order valence-electron chi connectivity index (χ2n) is 3.83. The summed E-state index contributed by atoms with van der Waals surface area (Å²) in [6.07, 6.45) is 0.904. The van der Waals surface area contributed by atoms with Crippen LogP contribution < -0.4 is 15.4 Å². The smallest absolute Gasteiger partial charge is 0.323 e. The maximum atomic E-state index is 5.60. The molecule has 90 valence electrons. The van der Waals surface area contributed by atoms with Gasteiger partial charge in [-0.3, -0.25) is 0 Å². The molecule has 6 heteroatoms. The first-order valence-corrected chi connectivity index (χ1v) is 5.41. The van der Waals surface area contributed by atoms with Crippen LogP contribution in [0.5, 0.6) is 6.01 Å². The van der Waals surface area contributed by atoms with Gasteiger partial charge in [-0.1, -0.05) is 6.92 Å². The van der Waals surface area contributed by atoms with Crippen molar-refractivity contribution in [2.24, 2.45) is 0 Å². The summed E-state index contributed by atoms with van der Waals surface area (Å²) in [5, 5.41) is 0. The Morgan fingerprint density at radius 3 is 2.56 bits per heavy atom. The van der Waals surface area contributed by atoms with Gasteiger partial charge in [0.25, 0.3) is 0 Å². The summed E-state index contributed by atoms with van der Waals surface area (Å²) in [5.74, 6) is 0.720. The van der Waals surface area contributed by atoms with E-state index in [0.29, 0.717) is 18.6 Å². The average Bonchev–Trinajstić information content (AvgIpc) is 2.24. The van der Waals surface area contributed by atoms with Crippen molar-refractivity contribution in [2.45, 2.75) is 33.2 Å². The topological polar surface area (TPSA) is 77.2 Å². The minimum Gasteiger partial charge on any atom is -0.463 e. The molecule has 16 heavy (non-hydrogen) atoms. The highest BCUT2D eigenvalue weighted by atomic mass is 16.5. The zero-order chi connectivity index (χ0) is 12.1. The molecule has 1 aromatic rings. The van der Waals surface area contributed by atoms with Crippen molar-refractivity contribution in [1.29, 1.82) is 0 Å². The van der Waals surface area contributed by atoms with Gasteiger partial charge in [-0.05, 0) is 20.3 Å². The van der Waals surface area contributed by atoms with Gasteiger partial charge in [-0.2, -0.15) is 15.0 Å². The van der Waals surface area contributed by atoms with Crippen LogP contribution >= 0.6 is 0 Å². The van der Waals surface area contributed by atoms with E-state index in [4.69, 9.17) is 10.5 Å². The minimum atomic E-state index is 0.184. The third kappa shape index (κ3) is 3.22. The van der Waals surface area contributed by atoms with Crippen molar-refractivity contribution in [2.75, 3.05) is 24.3 Å². The predicted molar refractivity (Wildman–Crippen MR) is 63.6 cm³/mol. The van der Waals surface area contributed by atoms with Crippen LogP contribution in [0.3, 0.4) is 0 Å². The highest BCUT2D eigenvalue weighted by molar-refractivity contribution is 5.35. The van der Waals surface area contributed by atoms with E-state index >= 15 is 0 Å². The molecule has 0 aliphatic rings. The largest absolute Gasteiger partial charge is 0.463 e. The molecule has 0 aliphatic heterocycles. The molecule has 0 amide bonds. The van der Waals surface area contributed by atoms with Crippen LogP contribution in [0.2, 0.25) is 0 Å². The summed E-state index contributed by atoms with van der Waals surface area (Å²) in [7, 11) is 1.91. The number of rotatable bonds is 5. The molecule has 0 unspecified atom stereocenters. The Hall–Kier alpha value is -1.59. The molecule has 0 saturated heterocycles. The summed E-state index contributed by atoms with van der Waals surface area (Å²) >= 11 is 0. The second-order valence-corrected chi connectivity index (χ2v) is 3.83. The number of anilines is 2. The molecule has 0 saturated carbocycles. The lowest BCUT2D eigenvalue weighted by molar-refractivity contribution is 0.292. The molecular weight excluding hydrogens is 206 g/mol. The number of nitrogen functional groups attached to an aromatic ring is 1.